The summed E-state index contributed by atoms with van der Waals surface area (Å²) in [6.45, 7) is 0. The fourth-order valence-corrected chi connectivity index (χ4v) is 2.46. The van der Waals surface area contributed by atoms with Crippen LogP contribution in [0.1, 0.15) is 6.23 Å². The van der Waals surface area contributed by atoms with Crippen molar-refractivity contribution in [2.45, 2.75) is 24.5 Å². The third-order valence-electron chi connectivity index (χ3n) is 3.24. The Kier molecular flexibility index (Phi) is 3.02. The average Bonchev–Trinajstić information content (AvgIpc) is 2.94. The minimum atomic E-state index is -0.891. The van der Waals surface area contributed by atoms with E-state index in [0.29, 0.717) is 11.2 Å². The third kappa shape index (κ3) is 1.84. The second-order valence-electron chi connectivity index (χ2n) is 4.37. The highest BCUT2D eigenvalue weighted by Crippen LogP contribution is 2.31. The third-order valence-corrected chi connectivity index (χ3v) is 3.55. The van der Waals surface area contributed by atoms with E-state index in [1.807, 2.05) is 0 Å². The summed E-state index contributed by atoms with van der Waals surface area (Å²) < 4.78 is 7.23. The number of rotatable bonds is 2. The SMILES string of the molecule is Nc1ncnc2c1ncn2[C@@H]1O[C@H](CCl)[C@@H](N)[C@H]1O. The molecular formula is C10H13ClN6O2. The molecule has 1 aliphatic heterocycles. The van der Waals surface area contributed by atoms with Gasteiger partial charge in [-0.25, -0.2) is 15.0 Å². The maximum absolute atomic E-state index is 10.1. The molecular weight excluding hydrogens is 272 g/mol. The van der Waals surface area contributed by atoms with Crippen molar-refractivity contribution in [3.63, 3.8) is 0 Å². The molecule has 1 fully saturated rings. The first-order valence-electron chi connectivity index (χ1n) is 5.71. The largest absolute Gasteiger partial charge is 0.387 e. The number of aliphatic hydroxyl groups excluding tert-OH is 1. The predicted octanol–water partition coefficient (Wildman–Crippen LogP) is -0.767. The molecule has 0 bridgehead atoms. The van der Waals surface area contributed by atoms with Gasteiger partial charge in [-0.1, -0.05) is 0 Å². The first-order valence-corrected chi connectivity index (χ1v) is 6.25. The van der Waals surface area contributed by atoms with E-state index in [2.05, 4.69) is 15.0 Å². The van der Waals surface area contributed by atoms with Gasteiger partial charge in [0.15, 0.2) is 17.7 Å². The van der Waals surface area contributed by atoms with E-state index in [0.717, 1.165) is 0 Å². The van der Waals surface area contributed by atoms with E-state index in [9.17, 15) is 5.11 Å². The quantitative estimate of drug-likeness (QED) is 0.618. The van der Waals surface area contributed by atoms with Crippen LogP contribution >= 0.6 is 11.6 Å². The number of nitrogens with two attached hydrogens (primary N) is 2. The van der Waals surface area contributed by atoms with E-state index in [1.54, 1.807) is 4.57 Å². The molecule has 102 valence electrons. The van der Waals surface area contributed by atoms with Crippen LogP contribution in [0.25, 0.3) is 11.2 Å². The monoisotopic (exact) mass is 284 g/mol. The van der Waals surface area contributed by atoms with Gasteiger partial charge in [0, 0.05) is 0 Å². The van der Waals surface area contributed by atoms with Crippen LogP contribution in [-0.4, -0.2) is 48.8 Å². The number of hydrogen-bond donors (Lipinski definition) is 3. The summed E-state index contributed by atoms with van der Waals surface area (Å²) in [5, 5.41) is 10.1. The van der Waals surface area contributed by atoms with Crippen LogP contribution in [-0.2, 0) is 4.74 Å². The van der Waals surface area contributed by atoms with Crippen LogP contribution in [0, 0.1) is 0 Å². The number of aromatic nitrogens is 4. The molecule has 4 atom stereocenters. The van der Waals surface area contributed by atoms with Crippen molar-refractivity contribution in [3.05, 3.63) is 12.7 Å². The van der Waals surface area contributed by atoms with Crippen molar-refractivity contribution in [1.29, 1.82) is 0 Å². The number of anilines is 1. The molecule has 1 aliphatic rings. The predicted molar refractivity (Wildman–Crippen MR) is 68.3 cm³/mol. The Labute approximate surface area is 113 Å². The topological polar surface area (TPSA) is 125 Å². The minimum Gasteiger partial charge on any atom is -0.387 e. The van der Waals surface area contributed by atoms with Crippen LogP contribution in [0.2, 0.25) is 0 Å². The van der Waals surface area contributed by atoms with Gasteiger partial charge in [-0.05, 0) is 0 Å². The van der Waals surface area contributed by atoms with E-state index >= 15 is 0 Å². The lowest BCUT2D eigenvalue weighted by molar-refractivity contribution is -0.0288. The van der Waals surface area contributed by atoms with Crippen LogP contribution in [0.4, 0.5) is 5.82 Å². The molecule has 5 N–H and O–H groups in total. The van der Waals surface area contributed by atoms with Gasteiger partial charge in [0.25, 0.3) is 0 Å². The Morgan fingerprint density at radius 3 is 2.89 bits per heavy atom. The summed E-state index contributed by atoms with van der Waals surface area (Å²) in [4.78, 5) is 12.1. The number of aliphatic hydroxyl groups is 1. The van der Waals surface area contributed by atoms with E-state index in [1.165, 1.54) is 12.7 Å². The zero-order chi connectivity index (χ0) is 13.6. The molecule has 0 aliphatic carbocycles. The maximum Gasteiger partial charge on any atom is 0.167 e. The maximum atomic E-state index is 10.1. The van der Waals surface area contributed by atoms with Gasteiger partial charge in [-0.2, -0.15) is 0 Å². The average molecular weight is 285 g/mol. The highest BCUT2D eigenvalue weighted by molar-refractivity contribution is 6.18. The van der Waals surface area contributed by atoms with Crippen molar-refractivity contribution in [2.24, 2.45) is 5.73 Å². The van der Waals surface area contributed by atoms with E-state index < -0.39 is 24.5 Å². The first-order chi connectivity index (χ1) is 9.13. The van der Waals surface area contributed by atoms with Crippen LogP contribution in [0.3, 0.4) is 0 Å². The zero-order valence-electron chi connectivity index (χ0n) is 9.85. The van der Waals surface area contributed by atoms with Gasteiger partial charge in [0.05, 0.1) is 24.4 Å². The Hall–Kier alpha value is -1.48. The van der Waals surface area contributed by atoms with Crippen molar-refractivity contribution in [2.75, 3.05) is 11.6 Å². The molecule has 0 amide bonds. The zero-order valence-corrected chi connectivity index (χ0v) is 10.6. The molecule has 0 unspecified atom stereocenters. The molecule has 1 saturated heterocycles. The van der Waals surface area contributed by atoms with Gasteiger partial charge >= 0.3 is 0 Å². The molecule has 3 rings (SSSR count). The minimum absolute atomic E-state index is 0.207. The first kappa shape index (κ1) is 12.5. The lowest BCUT2D eigenvalue weighted by Gasteiger charge is -2.16. The van der Waals surface area contributed by atoms with E-state index in [-0.39, 0.29) is 11.7 Å². The van der Waals surface area contributed by atoms with Gasteiger partial charge in [0.2, 0.25) is 0 Å². The normalized spacial score (nSPS) is 31.1. The van der Waals surface area contributed by atoms with Gasteiger partial charge in [0.1, 0.15) is 17.9 Å². The fourth-order valence-electron chi connectivity index (χ4n) is 2.19. The number of nitrogens with zero attached hydrogens (tertiary/aromatic N) is 4. The van der Waals surface area contributed by atoms with E-state index in [4.69, 9.17) is 27.8 Å². The Balaban J connectivity index is 2.04. The van der Waals surface area contributed by atoms with Gasteiger partial charge < -0.3 is 21.3 Å². The molecule has 0 saturated carbocycles. The van der Waals surface area contributed by atoms with Gasteiger partial charge in [-0.3, -0.25) is 4.57 Å². The summed E-state index contributed by atoms with van der Waals surface area (Å²) in [7, 11) is 0. The second kappa shape index (κ2) is 4.57. The molecule has 19 heavy (non-hydrogen) atoms. The molecule has 9 heteroatoms. The number of fused-ring (bicyclic) bond motifs is 1. The number of imidazole rings is 1. The highest BCUT2D eigenvalue weighted by Gasteiger charge is 2.42. The summed E-state index contributed by atoms with van der Waals surface area (Å²) >= 11 is 5.75. The Bertz CT molecular complexity index is 605. The molecule has 2 aromatic heterocycles. The molecule has 0 radical (unpaired) electrons. The van der Waals surface area contributed by atoms with Gasteiger partial charge in [-0.15, -0.1) is 11.6 Å². The smallest absolute Gasteiger partial charge is 0.167 e. The summed E-state index contributed by atoms with van der Waals surface area (Å²) in [5.41, 5.74) is 12.5. The van der Waals surface area contributed by atoms with Crippen molar-refractivity contribution < 1.29 is 9.84 Å². The van der Waals surface area contributed by atoms with Crippen molar-refractivity contribution >= 4 is 28.6 Å². The molecule has 0 spiro atoms. The standard InChI is InChI=1S/C10H13ClN6O2/c11-1-4-5(12)7(18)10(19-4)17-3-16-6-8(13)14-2-15-9(6)17/h2-5,7,10,18H,1,12H2,(H2,13,14,15)/t4-,5-,7-,10-/m1/s1. The summed E-state index contributed by atoms with van der Waals surface area (Å²) in [6.07, 6.45) is 0.831. The fraction of sp³-hybridized carbons (Fsp3) is 0.500. The Morgan fingerprint density at radius 1 is 1.42 bits per heavy atom. The molecule has 8 nitrogen and oxygen atoms in total. The lowest BCUT2D eigenvalue weighted by atomic mass is 10.1. The number of hydrogen-bond acceptors (Lipinski definition) is 7. The number of alkyl halides is 1. The number of nitrogen functional groups attached to an aromatic ring is 1. The van der Waals surface area contributed by atoms with Crippen LogP contribution < -0.4 is 11.5 Å². The lowest BCUT2D eigenvalue weighted by Crippen LogP contribution is -2.40. The molecule has 2 aromatic rings. The second-order valence-corrected chi connectivity index (χ2v) is 4.68. The number of halogens is 1. The molecule has 3 heterocycles. The summed E-state index contributed by atoms with van der Waals surface area (Å²) in [5.74, 6) is 0.479. The van der Waals surface area contributed by atoms with Crippen LogP contribution in [0.15, 0.2) is 12.7 Å². The van der Waals surface area contributed by atoms with Crippen molar-refractivity contribution in [1.82, 2.24) is 19.5 Å². The Morgan fingerprint density at radius 2 is 2.21 bits per heavy atom. The molecule has 0 aromatic carbocycles. The number of ether oxygens (including phenoxy) is 1. The summed E-state index contributed by atoms with van der Waals surface area (Å²) in [6, 6.07) is -0.556. The highest BCUT2D eigenvalue weighted by atomic mass is 35.5. The van der Waals surface area contributed by atoms with Crippen LogP contribution in [0.5, 0.6) is 0 Å². The van der Waals surface area contributed by atoms with Crippen molar-refractivity contribution in [3.8, 4) is 0 Å².